The Hall–Kier alpha value is -2.52. The lowest BCUT2D eigenvalue weighted by atomic mass is 10.2. The highest BCUT2D eigenvalue weighted by atomic mass is 32.2. The van der Waals surface area contributed by atoms with E-state index in [4.69, 9.17) is 0 Å². The molecule has 0 unspecified atom stereocenters. The molecular formula is C22H22N2S. The summed E-state index contributed by atoms with van der Waals surface area (Å²) in [5.74, 6) is 0. The molecule has 0 saturated carbocycles. The molecule has 25 heavy (non-hydrogen) atoms. The van der Waals surface area contributed by atoms with E-state index >= 15 is 0 Å². The van der Waals surface area contributed by atoms with Gasteiger partial charge in [0.15, 0.2) is 0 Å². The Morgan fingerprint density at radius 1 is 0.760 bits per heavy atom. The van der Waals surface area contributed by atoms with Gasteiger partial charge in [0, 0.05) is 35.8 Å². The van der Waals surface area contributed by atoms with Crippen molar-refractivity contribution in [3.63, 3.8) is 0 Å². The Bertz CT molecular complexity index is 833. The maximum absolute atomic E-state index is 4.55. The van der Waals surface area contributed by atoms with Crippen LogP contribution in [-0.4, -0.2) is 20.3 Å². The Balaban J connectivity index is 1.64. The van der Waals surface area contributed by atoms with Gasteiger partial charge in [0.1, 0.15) is 0 Å². The zero-order valence-electron chi connectivity index (χ0n) is 14.8. The molecule has 0 atom stereocenters. The van der Waals surface area contributed by atoms with Crippen LogP contribution in [0.25, 0.3) is 0 Å². The van der Waals surface area contributed by atoms with Gasteiger partial charge >= 0.3 is 0 Å². The summed E-state index contributed by atoms with van der Waals surface area (Å²) in [5, 5.41) is 0. The second-order valence-electron chi connectivity index (χ2n) is 6.15. The van der Waals surface area contributed by atoms with Gasteiger partial charge in [-0.2, -0.15) is 0 Å². The van der Waals surface area contributed by atoms with Gasteiger partial charge in [-0.25, -0.2) is 0 Å². The van der Waals surface area contributed by atoms with Gasteiger partial charge in [-0.1, -0.05) is 41.6 Å². The molecule has 3 aromatic carbocycles. The number of hydrogen-bond donors (Lipinski definition) is 0. The van der Waals surface area contributed by atoms with Crippen LogP contribution in [0.2, 0.25) is 0 Å². The van der Waals surface area contributed by atoms with E-state index in [1.54, 1.807) is 11.8 Å². The van der Waals surface area contributed by atoms with Gasteiger partial charge < -0.3 is 4.90 Å². The summed E-state index contributed by atoms with van der Waals surface area (Å²) in [7, 11) is 4.07. The maximum Gasteiger partial charge on any atom is 0.0631 e. The zero-order valence-corrected chi connectivity index (χ0v) is 15.6. The summed E-state index contributed by atoms with van der Waals surface area (Å²) in [4.78, 5) is 9.12. The molecule has 0 aliphatic heterocycles. The molecule has 0 spiro atoms. The van der Waals surface area contributed by atoms with Crippen LogP contribution in [0, 0.1) is 6.92 Å². The van der Waals surface area contributed by atoms with Crippen LogP contribution in [0.5, 0.6) is 0 Å². The SMILES string of the molecule is Cc1ccc(Sc2ccc(C=Nc3ccc(N(C)C)cc3)cc2)cc1. The first-order valence-corrected chi connectivity index (χ1v) is 9.08. The van der Waals surface area contributed by atoms with Gasteiger partial charge in [-0.3, -0.25) is 4.99 Å². The lowest BCUT2D eigenvalue weighted by molar-refractivity contribution is 1.13. The summed E-state index contributed by atoms with van der Waals surface area (Å²) >= 11 is 1.77. The van der Waals surface area contributed by atoms with Crippen molar-refractivity contribution in [2.45, 2.75) is 16.7 Å². The monoisotopic (exact) mass is 346 g/mol. The van der Waals surface area contributed by atoms with E-state index in [-0.39, 0.29) is 0 Å². The molecule has 0 aliphatic carbocycles. The number of anilines is 1. The molecule has 0 saturated heterocycles. The molecule has 0 bridgehead atoms. The number of aliphatic imine (C=N–C) groups is 1. The van der Waals surface area contributed by atoms with Gasteiger partial charge in [0.2, 0.25) is 0 Å². The molecule has 2 nitrogen and oxygen atoms in total. The number of aryl methyl sites for hydroxylation is 1. The highest BCUT2D eigenvalue weighted by molar-refractivity contribution is 7.99. The Kier molecular flexibility index (Phi) is 5.56. The average Bonchev–Trinajstić information content (AvgIpc) is 2.63. The second kappa shape index (κ2) is 8.04. The minimum Gasteiger partial charge on any atom is -0.378 e. The smallest absolute Gasteiger partial charge is 0.0631 e. The number of benzene rings is 3. The molecule has 0 fully saturated rings. The minimum absolute atomic E-state index is 0.962. The standard InChI is InChI=1S/C22H22N2S/c1-17-4-12-21(13-5-17)25-22-14-6-18(7-15-22)16-23-19-8-10-20(11-9-19)24(2)3/h4-16H,1-3H3. The summed E-state index contributed by atoms with van der Waals surface area (Å²) in [6.07, 6.45) is 1.91. The summed E-state index contributed by atoms with van der Waals surface area (Å²) < 4.78 is 0. The molecule has 0 amide bonds. The van der Waals surface area contributed by atoms with Crippen LogP contribution < -0.4 is 4.90 Å². The van der Waals surface area contributed by atoms with E-state index in [0.717, 1.165) is 11.3 Å². The molecule has 126 valence electrons. The third kappa shape index (κ3) is 4.97. The third-order valence-electron chi connectivity index (χ3n) is 3.87. The van der Waals surface area contributed by atoms with Crippen LogP contribution in [0.15, 0.2) is 87.6 Å². The maximum atomic E-state index is 4.55. The molecule has 0 aromatic heterocycles. The van der Waals surface area contributed by atoms with Crippen LogP contribution in [0.4, 0.5) is 11.4 Å². The van der Waals surface area contributed by atoms with Gasteiger partial charge in [0.05, 0.1) is 5.69 Å². The van der Waals surface area contributed by atoms with E-state index in [2.05, 4.69) is 77.5 Å². The van der Waals surface area contributed by atoms with Crippen molar-refractivity contribution in [2.75, 3.05) is 19.0 Å². The first-order chi connectivity index (χ1) is 12.1. The minimum atomic E-state index is 0.962. The summed E-state index contributed by atoms with van der Waals surface area (Å²) in [5.41, 5.74) is 4.53. The van der Waals surface area contributed by atoms with Crippen LogP contribution in [-0.2, 0) is 0 Å². The Morgan fingerprint density at radius 2 is 1.32 bits per heavy atom. The van der Waals surface area contributed by atoms with Crippen LogP contribution in [0.1, 0.15) is 11.1 Å². The molecular weight excluding hydrogens is 324 g/mol. The first-order valence-electron chi connectivity index (χ1n) is 8.26. The van der Waals surface area contributed by atoms with E-state index in [1.807, 2.05) is 32.4 Å². The number of nitrogens with zero attached hydrogens (tertiary/aromatic N) is 2. The van der Waals surface area contributed by atoms with E-state index in [0.29, 0.717) is 0 Å². The normalized spacial score (nSPS) is 11.0. The van der Waals surface area contributed by atoms with Crippen molar-refractivity contribution >= 4 is 29.4 Å². The van der Waals surface area contributed by atoms with Crippen molar-refractivity contribution in [3.05, 3.63) is 83.9 Å². The molecule has 3 aromatic rings. The van der Waals surface area contributed by atoms with Crippen molar-refractivity contribution < 1.29 is 0 Å². The van der Waals surface area contributed by atoms with Crippen molar-refractivity contribution in [1.82, 2.24) is 0 Å². The molecule has 3 heteroatoms. The Morgan fingerprint density at radius 3 is 1.88 bits per heavy atom. The summed E-state index contributed by atoms with van der Waals surface area (Å²) in [6, 6.07) is 25.3. The summed E-state index contributed by atoms with van der Waals surface area (Å²) in [6.45, 7) is 2.11. The van der Waals surface area contributed by atoms with Crippen LogP contribution in [0.3, 0.4) is 0 Å². The van der Waals surface area contributed by atoms with E-state index in [9.17, 15) is 0 Å². The van der Waals surface area contributed by atoms with Crippen LogP contribution >= 0.6 is 11.8 Å². The Labute approximate surface area is 154 Å². The van der Waals surface area contributed by atoms with Gasteiger partial charge in [-0.15, -0.1) is 0 Å². The topological polar surface area (TPSA) is 15.6 Å². The fraction of sp³-hybridized carbons (Fsp3) is 0.136. The van der Waals surface area contributed by atoms with Gasteiger partial charge in [-0.05, 0) is 61.0 Å². The first kappa shape index (κ1) is 17.3. The lowest BCUT2D eigenvalue weighted by Crippen LogP contribution is -2.07. The quantitative estimate of drug-likeness (QED) is 0.529. The van der Waals surface area contributed by atoms with Crippen molar-refractivity contribution in [3.8, 4) is 0 Å². The predicted octanol–water partition coefficient (Wildman–Crippen LogP) is 5.96. The lowest BCUT2D eigenvalue weighted by Gasteiger charge is -2.11. The second-order valence-corrected chi connectivity index (χ2v) is 7.30. The fourth-order valence-corrected chi connectivity index (χ4v) is 3.17. The number of hydrogen-bond acceptors (Lipinski definition) is 3. The highest BCUT2D eigenvalue weighted by Gasteiger charge is 1.98. The fourth-order valence-electron chi connectivity index (χ4n) is 2.35. The predicted molar refractivity (Wildman–Crippen MR) is 110 cm³/mol. The highest BCUT2D eigenvalue weighted by Crippen LogP contribution is 2.27. The molecule has 0 heterocycles. The van der Waals surface area contributed by atoms with Gasteiger partial charge in [0.25, 0.3) is 0 Å². The largest absolute Gasteiger partial charge is 0.378 e. The van der Waals surface area contributed by atoms with E-state index < -0.39 is 0 Å². The van der Waals surface area contributed by atoms with Crippen molar-refractivity contribution in [1.29, 1.82) is 0 Å². The average molecular weight is 346 g/mol. The molecule has 0 radical (unpaired) electrons. The third-order valence-corrected chi connectivity index (χ3v) is 4.88. The molecule has 3 rings (SSSR count). The van der Waals surface area contributed by atoms with E-state index in [1.165, 1.54) is 21.0 Å². The zero-order chi connectivity index (χ0) is 17.6. The molecule has 0 N–H and O–H groups in total. The van der Waals surface area contributed by atoms with Crippen molar-refractivity contribution in [2.24, 2.45) is 4.99 Å². The number of rotatable bonds is 5. The molecule has 0 aliphatic rings.